The average molecular weight is 484 g/mol. The fourth-order valence-corrected chi connectivity index (χ4v) is 4.33. The van der Waals surface area contributed by atoms with Gasteiger partial charge < -0.3 is 19.6 Å². The monoisotopic (exact) mass is 483 g/mol. The molecule has 4 rings (SSSR count). The molecule has 12 heteroatoms. The molecule has 1 amide bonds. The van der Waals surface area contributed by atoms with E-state index in [4.69, 9.17) is 9.90 Å². The van der Waals surface area contributed by atoms with Crippen LogP contribution in [-0.4, -0.2) is 48.7 Å². The van der Waals surface area contributed by atoms with Crippen molar-refractivity contribution in [2.45, 2.75) is 39.3 Å². The van der Waals surface area contributed by atoms with E-state index in [2.05, 4.69) is 38.8 Å². The Bertz CT molecular complexity index is 1120. The van der Waals surface area contributed by atoms with E-state index in [-0.39, 0.29) is 5.91 Å². The van der Waals surface area contributed by atoms with E-state index >= 15 is 0 Å². The second-order valence-electron chi connectivity index (χ2n) is 7.53. The standard InChI is InChI=1S/C19H23N5OS.C2HF3O2/c1-14-5-6-16(26-14)12-23-8-9-24-15(10-20-18(24)13-23)11-21-19(25)17-4-3-7-22(17)2;3-2(4,5)1(6)7/h3-7,10H,8-9,11-13H2,1-2H3,(H,21,25);(H,6,7). The first-order chi connectivity index (χ1) is 15.5. The van der Waals surface area contributed by atoms with Gasteiger partial charge >= 0.3 is 12.1 Å². The van der Waals surface area contributed by atoms with Gasteiger partial charge in [-0.3, -0.25) is 9.69 Å². The Labute approximate surface area is 192 Å². The van der Waals surface area contributed by atoms with Crippen LogP contribution in [0.3, 0.4) is 0 Å². The van der Waals surface area contributed by atoms with Gasteiger partial charge in [-0.15, -0.1) is 11.3 Å². The number of rotatable bonds is 5. The lowest BCUT2D eigenvalue weighted by atomic mass is 10.3. The first-order valence-electron chi connectivity index (χ1n) is 10.0. The Morgan fingerprint density at radius 3 is 2.55 bits per heavy atom. The number of aliphatic carboxylic acids is 1. The van der Waals surface area contributed by atoms with Crippen molar-refractivity contribution in [2.75, 3.05) is 6.54 Å². The Morgan fingerprint density at radius 1 is 1.24 bits per heavy atom. The third-order valence-corrected chi connectivity index (χ3v) is 6.04. The van der Waals surface area contributed by atoms with Gasteiger partial charge in [0.05, 0.1) is 25.0 Å². The van der Waals surface area contributed by atoms with Crippen LogP contribution < -0.4 is 5.32 Å². The molecule has 0 radical (unpaired) electrons. The van der Waals surface area contributed by atoms with Crippen LogP contribution in [0.2, 0.25) is 0 Å². The Kier molecular flexibility index (Phi) is 7.59. The molecule has 178 valence electrons. The van der Waals surface area contributed by atoms with Gasteiger partial charge in [-0.25, -0.2) is 9.78 Å². The molecule has 33 heavy (non-hydrogen) atoms. The van der Waals surface area contributed by atoms with Crippen LogP contribution in [0, 0.1) is 6.92 Å². The molecule has 1 aliphatic rings. The van der Waals surface area contributed by atoms with E-state index in [1.807, 2.05) is 47.5 Å². The SMILES string of the molecule is Cc1ccc(CN2CCn3c(CNC(=O)c4cccn4C)cnc3C2)s1.O=C(O)C(F)(F)F. The summed E-state index contributed by atoms with van der Waals surface area (Å²) in [4.78, 5) is 30.9. The van der Waals surface area contributed by atoms with E-state index in [0.29, 0.717) is 12.2 Å². The fourth-order valence-electron chi connectivity index (χ4n) is 3.40. The molecule has 0 aliphatic carbocycles. The molecule has 3 aromatic heterocycles. The minimum atomic E-state index is -5.08. The molecule has 3 aromatic rings. The van der Waals surface area contributed by atoms with Crippen LogP contribution in [0.25, 0.3) is 0 Å². The van der Waals surface area contributed by atoms with Gasteiger partial charge in [0.25, 0.3) is 5.91 Å². The number of carboxylic acids is 1. The lowest BCUT2D eigenvalue weighted by molar-refractivity contribution is -0.192. The van der Waals surface area contributed by atoms with Crippen LogP contribution >= 0.6 is 11.3 Å². The zero-order valence-corrected chi connectivity index (χ0v) is 18.9. The lowest BCUT2D eigenvalue weighted by Gasteiger charge is -2.28. The number of hydrogen-bond donors (Lipinski definition) is 2. The number of amides is 1. The molecule has 4 heterocycles. The number of aryl methyl sites for hydroxylation is 2. The Balaban J connectivity index is 0.000000383. The molecule has 0 fully saturated rings. The van der Waals surface area contributed by atoms with Gasteiger partial charge in [0.15, 0.2) is 0 Å². The number of imidazole rings is 1. The summed E-state index contributed by atoms with van der Waals surface area (Å²) in [5, 5.41) is 10.1. The van der Waals surface area contributed by atoms with Crippen LogP contribution in [0.5, 0.6) is 0 Å². The molecule has 0 saturated heterocycles. The molecule has 1 aliphatic heterocycles. The van der Waals surface area contributed by atoms with Gasteiger partial charge in [0, 0.05) is 42.6 Å². The summed E-state index contributed by atoms with van der Waals surface area (Å²) < 4.78 is 35.8. The predicted octanol–water partition coefficient (Wildman–Crippen LogP) is 3.17. The van der Waals surface area contributed by atoms with Crippen molar-refractivity contribution in [3.05, 3.63) is 63.6 Å². The maximum absolute atomic E-state index is 12.3. The number of halogens is 3. The molecular formula is C21H24F3N5O3S. The average Bonchev–Trinajstić information content (AvgIpc) is 3.46. The van der Waals surface area contributed by atoms with Crippen LogP contribution in [0.15, 0.2) is 36.7 Å². The molecule has 8 nitrogen and oxygen atoms in total. The van der Waals surface area contributed by atoms with E-state index < -0.39 is 12.1 Å². The number of aromatic nitrogens is 3. The highest BCUT2D eigenvalue weighted by Gasteiger charge is 2.38. The van der Waals surface area contributed by atoms with Crippen molar-refractivity contribution in [1.82, 2.24) is 24.3 Å². The van der Waals surface area contributed by atoms with E-state index in [9.17, 15) is 18.0 Å². The van der Waals surface area contributed by atoms with Crippen molar-refractivity contribution in [3.63, 3.8) is 0 Å². The number of nitrogens with zero attached hydrogens (tertiary/aromatic N) is 4. The molecule has 0 saturated carbocycles. The zero-order chi connectivity index (χ0) is 24.2. The van der Waals surface area contributed by atoms with E-state index in [1.165, 1.54) is 9.75 Å². The number of alkyl halides is 3. The Morgan fingerprint density at radius 2 is 1.97 bits per heavy atom. The quantitative estimate of drug-likeness (QED) is 0.582. The number of nitrogens with one attached hydrogen (secondary N) is 1. The molecule has 0 unspecified atom stereocenters. The number of thiophene rings is 1. The van der Waals surface area contributed by atoms with Crippen molar-refractivity contribution >= 4 is 23.2 Å². The predicted molar refractivity (Wildman–Crippen MR) is 116 cm³/mol. The number of hydrogen-bond acceptors (Lipinski definition) is 5. The van der Waals surface area contributed by atoms with Gasteiger partial charge in [-0.05, 0) is 31.2 Å². The molecule has 2 N–H and O–H groups in total. The lowest BCUT2D eigenvalue weighted by Crippen LogP contribution is -2.34. The van der Waals surface area contributed by atoms with E-state index in [1.54, 1.807) is 0 Å². The van der Waals surface area contributed by atoms with Crippen molar-refractivity contribution in [3.8, 4) is 0 Å². The molecule has 0 bridgehead atoms. The van der Waals surface area contributed by atoms with Crippen molar-refractivity contribution in [2.24, 2.45) is 7.05 Å². The second kappa shape index (κ2) is 10.2. The summed E-state index contributed by atoms with van der Waals surface area (Å²) in [6.45, 7) is 6.38. The summed E-state index contributed by atoms with van der Waals surface area (Å²) >= 11 is 1.86. The second-order valence-corrected chi connectivity index (χ2v) is 8.90. The number of fused-ring (bicyclic) bond motifs is 1. The maximum Gasteiger partial charge on any atom is 0.490 e. The molecule has 0 aromatic carbocycles. The number of carbonyl (C=O) groups excluding carboxylic acids is 1. The number of carbonyl (C=O) groups is 2. The zero-order valence-electron chi connectivity index (χ0n) is 18.1. The smallest absolute Gasteiger partial charge is 0.475 e. The summed E-state index contributed by atoms with van der Waals surface area (Å²) in [6, 6.07) is 8.09. The van der Waals surface area contributed by atoms with Gasteiger partial charge in [0.2, 0.25) is 0 Å². The van der Waals surface area contributed by atoms with Gasteiger partial charge in [-0.1, -0.05) is 0 Å². The first-order valence-corrected chi connectivity index (χ1v) is 10.9. The summed E-state index contributed by atoms with van der Waals surface area (Å²) in [6.07, 6.45) is -1.32. The van der Waals surface area contributed by atoms with E-state index in [0.717, 1.165) is 37.7 Å². The largest absolute Gasteiger partial charge is 0.490 e. The first kappa shape index (κ1) is 24.5. The topological polar surface area (TPSA) is 92.4 Å². The van der Waals surface area contributed by atoms with Crippen molar-refractivity contribution < 1.29 is 27.9 Å². The highest BCUT2D eigenvalue weighted by atomic mass is 32.1. The van der Waals surface area contributed by atoms with Gasteiger partial charge in [-0.2, -0.15) is 13.2 Å². The highest BCUT2D eigenvalue weighted by Crippen LogP contribution is 2.21. The minimum absolute atomic E-state index is 0.0569. The van der Waals surface area contributed by atoms with Crippen LogP contribution in [-0.2, 0) is 38.0 Å². The highest BCUT2D eigenvalue weighted by molar-refractivity contribution is 7.11. The third-order valence-electron chi connectivity index (χ3n) is 5.05. The third kappa shape index (κ3) is 6.45. The van der Waals surface area contributed by atoms with Crippen LogP contribution in [0.4, 0.5) is 13.2 Å². The van der Waals surface area contributed by atoms with Gasteiger partial charge in [0.1, 0.15) is 11.5 Å². The van der Waals surface area contributed by atoms with Crippen LogP contribution in [0.1, 0.15) is 31.8 Å². The fraction of sp³-hybridized carbons (Fsp3) is 0.381. The minimum Gasteiger partial charge on any atom is -0.475 e. The molecule has 0 spiro atoms. The summed E-state index contributed by atoms with van der Waals surface area (Å²) in [5.74, 6) is -1.74. The summed E-state index contributed by atoms with van der Waals surface area (Å²) in [7, 11) is 1.87. The molecular weight excluding hydrogens is 459 g/mol. The van der Waals surface area contributed by atoms with Crippen molar-refractivity contribution in [1.29, 1.82) is 0 Å². The maximum atomic E-state index is 12.3. The molecule has 0 atom stereocenters. The number of carboxylic acid groups (broad SMARTS) is 1. The normalized spacial score (nSPS) is 13.7. The summed E-state index contributed by atoms with van der Waals surface area (Å²) in [5.41, 5.74) is 1.73. The Hall–Kier alpha value is -3.12.